The quantitative estimate of drug-likeness (QED) is 0.677. The standard InChI is InChI=1S/C14H10BrN3O3/c1-8-12(17-7-21-8)13(19)9(6-16)14(20)18-11-5-3-2-4-10(11)15/h2-5,7,9H,1H3,(H,18,20). The number of rotatable bonds is 4. The van der Waals surface area contributed by atoms with Crippen molar-refractivity contribution >= 4 is 33.3 Å². The van der Waals surface area contributed by atoms with Crippen molar-refractivity contribution in [2.24, 2.45) is 5.92 Å². The Morgan fingerprint density at radius 3 is 2.71 bits per heavy atom. The number of benzene rings is 1. The zero-order valence-corrected chi connectivity index (χ0v) is 12.5. The second-order valence-electron chi connectivity index (χ2n) is 4.15. The van der Waals surface area contributed by atoms with E-state index < -0.39 is 17.6 Å². The van der Waals surface area contributed by atoms with Crippen LogP contribution in [0.5, 0.6) is 0 Å². The van der Waals surface area contributed by atoms with Gasteiger partial charge in [-0.1, -0.05) is 12.1 Å². The number of ketones is 1. The van der Waals surface area contributed by atoms with E-state index >= 15 is 0 Å². The molecule has 7 heteroatoms. The number of amides is 1. The van der Waals surface area contributed by atoms with Gasteiger partial charge in [0.2, 0.25) is 11.7 Å². The summed E-state index contributed by atoms with van der Waals surface area (Å²) in [6.07, 6.45) is 1.10. The number of Topliss-reactive ketones (excluding diaryl/α,β-unsaturated/α-hetero) is 1. The predicted molar refractivity (Wildman–Crippen MR) is 77.4 cm³/mol. The summed E-state index contributed by atoms with van der Waals surface area (Å²) in [6, 6.07) is 8.60. The highest BCUT2D eigenvalue weighted by atomic mass is 79.9. The number of para-hydroxylation sites is 1. The van der Waals surface area contributed by atoms with Crippen molar-refractivity contribution in [3.8, 4) is 6.07 Å². The van der Waals surface area contributed by atoms with Crippen molar-refractivity contribution < 1.29 is 14.0 Å². The van der Waals surface area contributed by atoms with Crippen LogP contribution >= 0.6 is 15.9 Å². The first-order valence-corrected chi connectivity index (χ1v) is 6.73. The Bertz CT molecular complexity index is 733. The molecule has 1 amide bonds. The zero-order valence-electron chi connectivity index (χ0n) is 11.0. The number of carbonyl (C=O) groups excluding carboxylic acids is 2. The highest BCUT2D eigenvalue weighted by Gasteiger charge is 2.31. The lowest BCUT2D eigenvalue weighted by molar-refractivity contribution is -0.117. The Kier molecular flexibility index (Phi) is 4.50. The number of halogens is 1. The van der Waals surface area contributed by atoms with Gasteiger partial charge < -0.3 is 9.73 Å². The Hall–Kier alpha value is -2.46. The summed E-state index contributed by atoms with van der Waals surface area (Å²) in [5.41, 5.74) is 0.469. The molecule has 2 aromatic rings. The molecule has 0 bridgehead atoms. The largest absolute Gasteiger partial charge is 0.448 e. The van der Waals surface area contributed by atoms with Crippen LogP contribution in [0.25, 0.3) is 0 Å². The maximum absolute atomic E-state index is 12.2. The van der Waals surface area contributed by atoms with Crippen molar-refractivity contribution in [2.45, 2.75) is 6.92 Å². The smallest absolute Gasteiger partial charge is 0.249 e. The number of hydrogen-bond donors (Lipinski definition) is 1. The van der Waals surface area contributed by atoms with Crippen LogP contribution < -0.4 is 5.32 Å². The van der Waals surface area contributed by atoms with E-state index in [-0.39, 0.29) is 11.5 Å². The molecule has 1 N–H and O–H groups in total. The summed E-state index contributed by atoms with van der Waals surface area (Å²) in [4.78, 5) is 28.0. The van der Waals surface area contributed by atoms with Crippen LogP contribution in [0.4, 0.5) is 5.69 Å². The number of nitrogens with zero attached hydrogens (tertiary/aromatic N) is 2. The second kappa shape index (κ2) is 6.33. The molecule has 1 atom stereocenters. The Balaban J connectivity index is 2.21. The average molecular weight is 348 g/mol. The number of oxazole rings is 1. The molecule has 0 spiro atoms. The normalized spacial score (nSPS) is 11.5. The van der Waals surface area contributed by atoms with Crippen LogP contribution in [0, 0.1) is 24.2 Å². The summed E-state index contributed by atoms with van der Waals surface area (Å²) in [5, 5.41) is 11.6. The monoisotopic (exact) mass is 347 g/mol. The van der Waals surface area contributed by atoms with E-state index in [1.54, 1.807) is 37.3 Å². The van der Waals surface area contributed by atoms with Gasteiger partial charge in [-0.2, -0.15) is 5.26 Å². The van der Waals surface area contributed by atoms with Crippen LogP contribution in [0.15, 0.2) is 39.5 Å². The average Bonchev–Trinajstić information content (AvgIpc) is 2.88. The molecule has 0 aliphatic rings. The summed E-state index contributed by atoms with van der Waals surface area (Å²) in [5.74, 6) is -2.61. The van der Waals surface area contributed by atoms with Gasteiger partial charge in [-0.05, 0) is 35.0 Å². The third-order valence-corrected chi connectivity index (χ3v) is 3.45. The molecule has 0 fully saturated rings. The first kappa shape index (κ1) is 14.9. The first-order chi connectivity index (χ1) is 10.0. The van der Waals surface area contributed by atoms with Crippen molar-refractivity contribution in [2.75, 3.05) is 5.32 Å². The topological polar surface area (TPSA) is 96.0 Å². The molecule has 2 rings (SSSR count). The fourth-order valence-corrected chi connectivity index (χ4v) is 2.07. The molecule has 1 unspecified atom stereocenters. The summed E-state index contributed by atoms with van der Waals surface area (Å²) < 4.78 is 5.57. The maximum Gasteiger partial charge on any atom is 0.249 e. The summed E-state index contributed by atoms with van der Waals surface area (Å²) in [7, 11) is 0. The van der Waals surface area contributed by atoms with E-state index in [9.17, 15) is 9.59 Å². The molecule has 1 aromatic carbocycles. The molecule has 0 aliphatic carbocycles. The van der Waals surface area contributed by atoms with E-state index in [4.69, 9.17) is 9.68 Å². The number of aromatic nitrogens is 1. The first-order valence-electron chi connectivity index (χ1n) is 5.94. The lowest BCUT2D eigenvalue weighted by Gasteiger charge is -2.10. The SMILES string of the molecule is Cc1ocnc1C(=O)C(C#N)C(=O)Nc1ccccc1Br. The molecule has 21 heavy (non-hydrogen) atoms. The molecule has 0 radical (unpaired) electrons. The maximum atomic E-state index is 12.2. The van der Waals surface area contributed by atoms with Gasteiger partial charge in [0.15, 0.2) is 12.3 Å². The molecule has 0 saturated heterocycles. The minimum atomic E-state index is -1.49. The summed E-state index contributed by atoms with van der Waals surface area (Å²) in [6.45, 7) is 1.54. The lowest BCUT2D eigenvalue weighted by atomic mass is 10.0. The fourth-order valence-electron chi connectivity index (χ4n) is 1.68. The van der Waals surface area contributed by atoms with Crippen molar-refractivity contribution in [1.29, 1.82) is 5.26 Å². The molecule has 0 aliphatic heterocycles. The Morgan fingerprint density at radius 1 is 1.43 bits per heavy atom. The lowest BCUT2D eigenvalue weighted by Crippen LogP contribution is -2.29. The van der Waals surface area contributed by atoms with Gasteiger partial charge in [0, 0.05) is 4.47 Å². The minimum absolute atomic E-state index is 0.0103. The van der Waals surface area contributed by atoms with Crippen molar-refractivity contribution in [3.05, 3.63) is 46.6 Å². The number of aryl methyl sites for hydroxylation is 1. The highest BCUT2D eigenvalue weighted by molar-refractivity contribution is 9.10. The van der Waals surface area contributed by atoms with Crippen LogP contribution in [0.1, 0.15) is 16.2 Å². The second-order valence-corrected chi connectivity index (χ2v) is 5.01. The van der Waals surface area contributed by atoms with Gasteiger partial charge in [-0.3, -0.25) is 9.59 Å². The number of carbonyl (C=O) groups is 2. The number of nitrogens with one attached hydrogen (secondary N) is 1. The Labute approximate surface area is 128 Å². The van der Waals surface area contributed by atoms with Crippen LogP contribution in [0.2, 0.25) is 0 Å². The number of hydrogen-bond acceptors (Lipinski definition) is 5. The molecule has 0 saturated carbocycles. The predicted octanol–water partition coefficient (Wildman–Crippen LogP) is 2.71. The number of nitriles is 1. The third kappa shape index (κ3) is 3.17. The fraction of sp³-hybridized carbons (Fsp3) is 0.143. The van der Waals surface area contributed by atoms with E-state index in [2.05, 4.69) is 26.2 Å². The zero-order chi connectivity index (χ0) is 15.4. The number of anilines is 1. The molecule has 106 valence electrons. The van der Waals surface area contributed by atoms with E-state index in [1.807, 2.05) is 0 Å². The van der Waals surface area contributed by atoms with Gasteiger partial charge in [0.25, 0.3) is 0 Å². The molecule has 1 aromatic heterocycles. The van der Waals surface area contributed by atoms with Crippen LogP contribution in [-0.2, 0) is 4.79 Å². The van der Waals surface area contributed by atoms with Gasteiger partial charge in [0.1, 0.15) is 11.5 Å². The molecule has 6 nitrogen and oxygen atoms in total. The summed E-state index contributed by atoms with van der Waals surface area (Å²) >= 11 is 3.27. The Morgan fingerprint density at radius 2 is 2.14 bits per heavy atom. The van der Waals surface area contributed by atoms with Gasteiger partial charge >= 0.3 is 0 Å². The third-order valence-electron chi connectivity index (χ3n) is 2.76. The van der Waals surface area contributed by atoms with Crippen molar-refractivity contribution in [3.63, 3.8) is 0 Å². The van der Waals surface area contributed by atoms with Gasteiger partial charge in [0.05, 0.1) is 11.8 Å². The minimum Gasteiger partial charge on any atom is -0.448 e. The van der Waals surface area contributed by atoms with Gasteiger partial charge in [-0.25, -0.2) is 4.98 Å². The molecular formula is C14H10BrN3O3. The van der Waals surface area contributed by atoms with E-state index in [0.29, 0.717) is 10.2 Å². The molecule has 1 heterocycles. The molecular weight excluding hydrogens is 338 g/mol. The van der Waals surface area contributed by atoms with Crippen molar-refractivity contribution in [1.82, 2.24) is 4.98 Å². The van der Waals surface area contributed by atoms with Crippen LogP contribution in [0.3, 0.4) is 0 Å². The van der Waals surface area contributed by atoms with Gasteiger partial charge in [-0.15, -0.1) is 0 Å². The van der Waals surface area contributed by atoms with E-state index in [0.717, 1.165) is 6.39 Å². The highest BCUT2D eigenvalue weighted by Crippen LogP contribution is 2.22. The van der Waals surface area contributed by atoms with Crippen LogP contribution in [-0.4, -0.2) is 16.7 Å². The van der Waals surface area contributed by atoms with E-state index in [1.165, 1.54) is 0 Å².